The fraction of sp³-hybridized carbons (Fsp3) is 0.353. The molecule has 1 aromatic rings. The van der Waals surface area contributed by atoms with E-state index in [1.807, 2.05) is 12.2 Å². The number of hydrogen-bond donors (Lipinski definition) is 2. The molecular formula is C17H16ClN2O4-. The van der Waals surface area contributed by atoms with Crippen molar-refractivity contribution in [3.63, 3.8) is 0 Å². The average Bonchev–Trinajstić information content (AvgIpc) is 3.10. The Kier molecular flexibility index (Phi) is 4.32. The zero-order valence-electron chi connectivity index (χ0n) is 12.9. The number of carboxylic acid groups (broad SMARTS) is 1. The van der Waals surface area contributed by atoms with Gasteiger partial charge in [-0.15, -0.1) is 0 Å². The van der Waals surface area contributed by atoms with Crippen LogP contribution in [0.2, 0.25) is 5.02 Å². The normalized spacial score (nSPS) is 27.1. The molecule has 6 nitrogen and oxygen atoms in total. The Morgan fingerprint density at radius 1 is 1.12 bits per heavy atom. The van der Waals surface area contributed by atoms with Crippen molar-refractivity contribution in [2.45, 2.75) is 13.3 Å². The Bertz CT molecular complexity index is 746. The molecule has 2 bridgehead atoms. The van der Waals surface area contributed by atoms with Gasteiger partial charge in [0.05, 0.1) is 16.6 Å². The maximum Gasteiger partial charge on any atom is 0.228 e. The Hall–Kier alpha value is -2.34. The number of carbonyl (C=O) groups excluding carboxylic acids is 3. The van der Waals surface area contributed by atoms with Crippen LogP contribution in [0.1, 0.15) is 13.3 Å². The van der Waals surface area contributed by atoms with E-state index in [9.17, 15) is 19.5 Å². The molecule has 0 aliphatic heterocycles. The Labute approximate surface area is 143 Å². The minimum atomic E-state index is -1.19. The van der Waals surface area contributed by atoms with E-state index >= 15 is 0 Å². The number of nitrogens with one attached hydrogen (secondary N) is 2. The standard InChI is InChI=1S/C17H17ClN2O4/c1-8(21)19-13-7-11(4-5-12(13)18)20-16(22)14-9-2-3-10(6-9)15(14)17(23)24/h2-5,7,9-10,14-15H,6H2,1H3,(H,19,21)(H,20,22)(H,23,24)/p-1/t9-,10-,14-,15-/m0/s1. The van der Waals surface area contributed by atoms with Crippen LogP contribution in [-0.2, 0) is 14.4 Å². The highest BCUT2D eigenvalue weighted by Gasteiger charge is 2.48. The number of halogens is 1. The highest BCUT2D eigenvalue weighted by molar-refractivity contribution is 6.33. The lowest BCUT2D eigenvalue weighted by molar-refractivity contribution is -0.313. The lowest BCUT2D eigenvalue weighted by Gasteiger charge is -2.27. The van der Waals surface area contributed by atoms with Gasteiger partial charge in [-0.3, -0.25) is 9.59 Å². The zero-order chi connectivity index (χ0) is 17.4. The molecule has 0 aromatic heterocycles. The van der Waals surface area contributed by atoms with Gasteiger partial charge in [-0.2, -0.15) is 0 Å². The van der Waals surface area contributed by atoms with Gasteiger partial charge >= 0.3 is 0 Å². The van der Waals surface area contributed by atoms with Crippen molar-refractivity contribution in [2.75, 3.05) is 10.6 Å². The third-order valence-electron chi connectivity index (χ3n) is 4.58. The van der Waals surface area contributed by atoms with Crippen molar-refractivity contribution in [3.8, 4) is 0 Å². The van der Waals surface area contributed by atoms with Crippen LogP contribution in [0.15, 0.2) is 30.4 Å². The molecule has 2 N–H and O–H groups in total. The van der Waals surface area contributed by atoms with Crippen LogP contribution >= 0.6 is 11.6 Å². The number of carbonyl (C=O) groups is 3. The Morgan fingerprint density at radius 2 is 1.79 bits per heavy atom. The van der Waals surface area contributed by atoms with Gasteiger partial charge < -0.3 is 20.5 Å². The second kappa shape index (κ2) is 6.28. The lowest BCUT2D eigenvalue weighted by atomic mass is 9.82. The van der Waals surface area contributed by atoms with Crippen LogP contribution in [0, 0.1) is 23.7 Å². The molecular weight excluding hydrogens is 332 g/mol. The molecule has 0 heterocycles. The summed E-state index contributed by atoms with van der Waals surface area (Å²) in [7, 11) is 0. The molecule has 2 amide bonds. The first kappa shape index (κ1) is 16.5. The van der Waals surface area contributed by atoms with Crippen molar-refractivity contribution >= 4 is 40.8 Å². The van der Waals surface area contributed by atoms with Gasteiger partial charge in [-0.1, -0.05) is 23.8 Å². The first-order chi connectivity index (χ1) is 11.4. The van der Waals surface area contributed by atoms with Crippen LogP contribution in [-0.4, -0.2) is 17.8 Å². The second-order valence-corrected chi connectivity index (χ2v) is 6.59. The molecule has 0 unspecified atom stereocenters. The molecule has 4 atom stereocenters. The summed E-state index contributed by atoms with van der Waals surface area (Å²) in [6, 6.07) is 4.70. The zero-order valence-corrected chi connectivity index (χ0v) is 13.7. The maximum absolute atomic E-state index is 12.6. The SMILES string of the molecule is CC(=O)Nc1cc(NC(=O)[C@@H]2[C@@H](C(=O)[O-])[C@H]3C=C[C@H]2C3)ccc1Cl. The summed E-state index contributed by atoms with van der Waals surface area (Å²) in [4.78, 5) is 35.1. The number of allylic oxidation sites excluding steroid dienone is 2. The van der Waals surface area contributed by atoms with Crippen molar-refractivity contribution in [1.82, 2.24) is 0 Å². The van der Waals surface area contributed by atoms with E-state index in [2.05, 4.69) is 10.6 Å². The molecule has 2 aliphatic carbocycles. The van der Waals surface area contributed by atoms with E-state index < -0.39 is 17.8 Å². The molecule has 2 aliphatic rings. The van der Waals surface area contributed by atoms with Crippen LogP contribution in [0.5, 0.6) is 0 Å². The van der Waals surface area contributed by atoms with Crippen LogP contribution in [0.25, 0.3) is 0 Å². The Morgan fingerprint density at radius 3 is 2.42 bits per heavy atom. The number of aliphatic carboxylic acids is 1. The monoisotopic (exact) mass is 347 g/mol. The van der Waals surface area contributed by atoms with E-state index in [0.717, 1.165) is 0 Å². The minimum Gasteiger partial charge on any atom is -0.550 e. The molecule has 7 heteroatoms. The quantitative estimate of drug-likeness (QED) is 0.805. The summed E-state index contributed by atoms with van der Waals surface area (Å²) < 4.78 is 0. The first-order valence-electron chi connectivity index (χ1n) is 7.64. The van der Waals surface area contributed by atoms with E-state index in [1.165, 1.54) is 6.92 Å². The molecule has 3 rings (SSSR count). The van der Waals surface area contributed by atoms with Crippen molar-refractivity contribution in [2.24, 2.45) is 23.7 Å². The lowest BCUT2D eigenvalue weighted by Crippen LogP contribution is -2.42. The number of benzene rings is 1. The summed E-state index contributed by atoms with van der Waals surface area (Å²) in [5, 5.41) is 17.0. The highest BCUT2D eigenvalue weighted by Crippen LogP contribution is 2.48. The number of carboxylic acids is 1. The van der Waals surface area contributed by atoms with Gasteiger partial charge in [-0.05, 0) is 36.5 Å². The fourth-order valence-corrected chi connectivity index (χ4v) is 3.78. The molecule has 0 spiro atoms. The van der Waals surface area contributed by atoms with Crippen molar-refractivity contribution < 1.29 is 19.5 Å². The molecule has 24 heavy (non-hydrogen) atoms. The van der Waals surface area contributed by atoms with Crippen LogP contribution < -0.4 is 15.7 Å². The van der Waals surface area contributed by atoms with Gasteiger partial charge in [0.2, 0.25) is 11.8 Å². The van der Waals surface area contributed by atoms with Crippen molar-refractivity contribution in [1.29, 1.82) is 0 Å². The predicted octanol–water partition coefficient (Wildman–Crippen LogP) is 1.43. The third kappa shape index (κ3) is 3.01. The number of fused-ring (bicyclic) bond motifs is 2. The van der Waals surface area contributed by atoms with Crippen LogP contribution in [0.3, 0.4) is 0 Å². The van der Waals surface area contributed by atoms with Gasteiger partial charge in [0.15, 0.2) is 0 Å². The van der Waals surface area contributed by atoms with Crippen molar-refractivity contribution in [3.05, 3.63) is 35.4 Å². The maximum atomic E-state index is 12.6. The predicted molar refractivity (Wildman–Crippen MR) is 87.1 cm³/mol. The number of anilines is 2. The summed E-state index contributed by atoms with van der Waals surface area (Å²) in [6.07, 6.45) is 4.42. The van der Waals surface area contributed by atoms with E-state index in [1.54, 1.807) is 18.2 Å². The highest BCUT2D eigenvalue weighted by atomic mass is 35.5. The van der Waals surface area contributed by atoms with E-state index in [-0.39, 0.29) is 23.7 Å². The largest absolute Gasteiger partial charge is 0.550 e. The summed E-state index contributed by atoms with van der Waals surface area (Å²) >= 11 is 6.00. The van der Waals surface area contributed by atoms with E-state index in [0.29, 0.717) is 22.8 Å². The number of amides is 2. The number of hydrogen-bond acceptors (Lipinski definition) is 4. The molecule has 126 valence electrons. The fourth-order valence-electron chi connectivity index (χ4n) is 3.62. The van der Waals surface area contributed by atoms with Gasteiger partial charge in [-0.25, -0.2) is 0 Å². The Balaban J connectivity index is 1.79. The third-order valence-corrected chi connectivity index (χ3v) is 4.91. The topological polar surface area (TPSA) is 98.3 Å². The van der Waals surface area contributed by atoms with Gasteiger partial charge in [0.1, 0.15) is 0 Å². The smallest absolute Gasteiger partial charge is 0.228 e. The molecule has 1 saturated carbocycles. The summed E-state index contributed by atoms with van der Waals surface area (Å²) in [6.45, 7) is 1.35. The van der Waals surface area contributed by atoms with E-state index in [4.69, 9.17) is 11.6 Å². The molecule has 0 saturated heterocycles. The molecule has 1 aromatic carbocycles. The minimum absolute atomic E-state index is 0.0833. The summed E-state index contributed by atoms with van der Waals surface area (Å²) in [5.74, 6) is -3.52. The van der Waals surface area contributed by atoms with Gasteiger partial charge in [0.25, 0.3) is 0 Å². The molecule has 1 fully saturated rings. The average molecular weight is 348 g/mol. The molecule has 0 radical (unpaired) electrons. The number of rotatable bonds is 4. The second-order valence-electron chi connectivity index (χ2n) is 6.18. The van der Waals surface area contributed by atoms with Crippen LogP contribution in [0.4, 0.5) is 11.4 Å². The summed E-state index contributed by atoms with van der Waals surface area (Å²) in [5.41, 5.74) is 0.822. The first-order valence-corrected chi connectivity index (χ1v) is 8.02. The van der Waals surface area contributed by atoms with Gasteiger partial charge in [0, 0.05) is 24.5 Å².